The van der Waals surface area contributed by atoms with E-state index in [4.69, 9.17) is 5.11 Å². The first-order chi connectivity index (χ1) is 8.58. The third-order valence-electron chi connectivity index (χ3n) is 2.06. The van der Waals surface area contributed by atoms with Gasteiger partial charge in [-0.1, -0.05) is 0 Å². The molecule has 0 fully saturated rings. The molecule has 0 aliphatic heterocycles. The summed E-state index contributed by atoms with van der Waals surface area (Å²) in [5, 5.41) is 23.1. The minimum atomic E-state index is -1.45. The van der Waals surface area contributed by atoms with Gasteiger partial charge in [0.2, 0.25) is 5.69 Å². The molecule has 1 N–H and O–H groups in total. The highest BCUT2D eigenvalue weighted by Gasteiger charge is 2.25. The van der Waals surface area contributed by atoms with Crippen LogP contribution in [0.5, 0.6) is 0 Å². The molecule has 0 saturated heterocycles. The van der Waals surface area contributed by atoms with E-state index in [0.717, 1.165) is 10.9 Å². The summed E-state index contributed by atoms with van der Waals surface area (Å²) in [5.74, 6) is -1.07. The minimum absolute atomic E-state index is 0.0644. The number of nitrogens with zero attached hydrogens (tertiary/aromatic N) is 5. The Kier molecular flexibility index (Phi) is 2.96. The van der Waals surface area contributed by atoms with E-state index in [2.05, 4.69) is 15.1 Å². The quantitative estimate of drug-likeness (QED) is 0.611. The normalized spacial score (nSPS) is 10.2. The van der Waals surface area contributed by atoms with Crippen molar-refractivity contribution in [2.45, 2.75) is 6.54 Å². The second-order valence-corrected chi connectivity index (χ2v) is 3.29. The number of nitro groups is 1. The molecule has 0 saturated carbocycles. The molecule has 0 spiro atoms. The summed E-state index contributed by atoms with van der Waals surface area (Å²) >= 11 is 0. The Morgan fingerprint density at radius 1 is 1.44 bits per heavy atom. The highest BCUT2D eigenvalue weighted by atomic mass is 16.6. The van der Waals surface area contributed by atoms with Gasteiger partial charge in [-0.15, -0.1) is 0 Å². The zero-order valence-corrected chi connectivity index (χ0v) is 8.92. The van der Waals surface area contributed by atoms with Gasteiger partial charge in [-0.05, 0) is 6.07 Å². The van der Waals surface area contributed by atoms with Crippen LogP contribution in [0.25, 0.3) is 0 Å². The van der Waals surface area contributed by atoms with Crippen LogP contribution in [0.2, 0.25) is 0 Å². The summed E-state index contributed by atoms with van der Waals surface area (Å²) < 4.78 is 1.12. The van der Waals surface area contributed by atoms with Crippen molar-refractivity contribution in [1.82, 2.24) is 19.7 Å². The summed E-state index contributed by atoms with van der Waals surface area (Å²) in [7, 11) is 0. The van der Waals surface area contributed by atoms with Crippen LogP contribution in [0.4, 0.5) is 5.69 Å². The average molecular weight is 249 g/mol. The third kappa shape index (κ3) is 2.29. The van der Waals surface area contributed by atoms with Crippen LogP contribution in [0.3, 0.4) is 0 Å². The molecule has 0 aliphatic rings. The molecular weight excluding hydrogens is 242 g/mol. The Labute approximate surface area is 99.9 Å². The fourth-order valence-electron chi connectivity index (χ4n) is 1.33. The first-order valence-corrected chi connectivity index (χ1v) is 4.79. The van der Waals surface area contributed by atoms with Crippen LogP contribution in [0.1, 0.15) is 16.3 Å². The number of hydrogen-bond donors (Lipinski definition) is 1. The Balaban J connectivity index is 2.33. The van der Waals surface area contributed by atoms with Crippen molar-refractivity contribution < 1.29 is 14.8 Å². The zero-order chi connectivity index (χ0) is 13.1. The van der Waals surface area contributed by atoms with Gasteiger partial charge >= 0.3 is 11.7 Å². The van der Waals surface area contributed by atoms with Crippen molar-refractivity contribution in [3.8, 4) is 0 Å². The highest BCUT2D eigenvalue weighted by molar-refractivity contribution is 5.89. The van der Waals surface area contributed by atoms with E-state index in [1.807, 2.05) is 0 Å². The lowest BCUT2D eigenvalue weighted by atomic mass is 10.4. The number of carboxylic acid groups (broad SMARTS) is 1. The third-order valence-corrected chi connectivity index (χ3v) is 2.06. The predicted octanol–water partition coefficient (Wildman–Crippen LogP) is 0.328. The first kappa shape index (κ1) is 11.6. The van der Waals surface area contributed by atoms with Crippen molar-refractivity contribution in [3.05, 3.63) is 46.3 Å². The molecule has 0 aromatic carbocycles. The minimum Gasteiger partial charge on any atom is -0.476 e. The molecule has 0 unspecified atom stereocenters. The van der Waals surface area contributed by atoms with E-state index in [1.165, 1.54) is 12.4 Å². The second-order valence-electron chi connectivity index (χ2n) is 3.29. The van der Waals surface area contributed by atoms with E-state index >= 15 is 0 Å². The molecule has 2 rings (SSSR count). The molecule has 9 nitrogen and oxygen atoms in total. The van der Waals surface area contributed by atoms with Crippen LogP contribution in [-0.2, 0) is 6.54 Å². The molecule has 18 heavy (non-hydrogen) atoms. The topological polar surface area (TPSA) is 124 Å². The summed E-state index contributed by atoms with van der Waals surface area (Å²) in [6.45, 7) is 0.0644. The van der Waals surface area contributed by atoms with Gasteiger partial charge in [0.1, 0.15) is 18.6 Å². The molecule has 0 aliphatic carbocycles. The molecule has 2 aromatic heterocycles. The highest BCUT2D eigenvalue weighted by Crippen LogP contribution is 2.16. The standard InChI is InChI=1S/C9H7N5O4/c15-9(16)8-6(14(17)18)4-13(12-8)5-7-10-2-1-3-11-7/h1-4H,5H2,(H,15,16). The van der Waals surface area contributed by atoms with Crippen LogP contribution >= 0.6 is 0 Å². The summed E-state index contributed by atoms with van der Waals surface area (Å²) in [6.07, 6.45) is 4.07. The summed E-state index contributed by atoms with van der Waals surface area (Å²) in [5.41, 5.74) is -1.16. The fourth-order valence-corrected chi connectivity index (χ4v) is 1.33. The Hall–Kier alpha value is -2.84. The molecule has 92 valence electrons. The predicted molar refractivity (Wildman–Crippen MR) is 57.0 cm³/mol. The summed E-state index contributed by atoms with van der Waals surface area (Å²) in [6, 6.07) is 1.62. The first-order valence-electron chi connectivity index (χ1n) is 4.79. The Morgan fingerprint density at radius 3 is 2.61 bits per heavy atom. The maximum Gasteiger partial charge on any atom is 0.363 e. The smallest absolute Gasteiger partial charge is 0.363 e. The molecule has 9 heteroatoms. The van der Waals surface area contributed by atoms with Gasteiger partial charge in [0.05, 0.1) is 4.92 Å². The van der Waals surface area contributed by atoms with Gasteiger partial charge in [-0.3, -0.25) is 14.8 Å². The monoisotopic (exact) mass is 249 g/mol. The van der Waals surface area contributed by atoms with Crippen molar-refractivity contribution >= 4 is 11.7 Å². The molecular formula is C9H7N5O4. The van der Waals surface area contributed by atoms with E-state index in [1.54, 1.807) is 6.07 Å². The van der Waals surface area contributed by atoms with Crippen LogP contribution in [0.15, 0.2) is 24.7 Å². The van der Waals surface area contributed by atoms with Crippen molar-refractivity contribution in [3.63, 3.8) is 0 Å². The number of carbonyl (C=O) groups is 1. The van der Waals surface area contributed by atoms with Gasteiger partial charge in [-0.25, -0.2) is 14.8 Å². The van der Waals surface area contributed by atoms with Gasteiger partial charge in [-0.2, -0.15) is 5.10 Å². The zero-order valence-electron chi connectivity index (χ0n) is 8.92. The molecule has 2 aromatic rings. The van der Waals surface area contributed by atoms with Crippen molar-refractivity contribution in [1.29, 1.82) is 0 Å². The number of hydrogen-bond acceptors (Lipinski definition) is 6. The largest absolute Gasteiger partial charge is 0.476 e. The van der Waals surface area contributed by atoms with Crippen molar-refractivity contribution in [2.24, 2.45) is 0 Å². The van der Waals surface area contributed by atoms with Gasteiger partial charge in [0, 0.05) is 12.4 Å². The van der Waals surface area contributed by atoms with Crippen LogP contribution < -0.4 is 0 Å². The van der Waals surface area contributed by atoms with E-state index in [9.17, 15) is 14.9 Å². The van der Waals surface area contributed by atoms with Crippen molar-refractivity contribution in [2.75, 3.05) is 0 Å². The maximum atomic E-state index is 10.8. The molecule has 2 heterocycles. The van der Waals surface area contributed by atoms with Gasteiger partial charge in [0.15, 0.2) is 0 Å². The molecule has 0 bridgehead atoms. The number of aromatic carboxylic acids is 1. The van der Waals surface area contributed by atoms with E-state index < -0.39 is 22.3 Å². The lowest BCUT2D eigenvalue weighted by Crippen LogP contribution is -2.06. The lowest BCUT2D eigenvalue weighted by Gasteiger charge is -1.97. The SMILES string of the molecule is O=C(O)c1nn(Cc2ncccn2)cc1[N+](=O)[O-]. The molecule has 0 radical (unpaired) electrons. The number of rotatable bonds is 4. The van der Waals surface area contributed by atoms with Crippen LogP contribution in [0, 0.1) is 10.1 Å². The lowest BCUT2D eigenvalue weighted by molar-refractivity contribution is -0.385. The fraction of sp³-hybridized carbons (Fsp3) is 0.111. The van der Waals surface area contributed by atoms with Gasteiger partial charge in [0.25, 0.3) is 0 Å². The number of carboxylic acids is 1. The second kappa shape index (κ2) is 4.57. The Morgan fingerprint density at radius 2 is 2.11 bits per heavy atom. The van der Waals surface area contributed by atoms with Crippen LogP contribution in [-0.4, -0.2) is 35.7 Å². The summed E-state index contributed by atoms with van der Waals surface area (Å²) in [4.78, 5) is 28.5. The van der Waals surface area contributed by atoms with Gasteiger partial charge < -0.3 is 5.11 Å². The number of aromatic nitrogens is 4. The maximum absolute atomic E-state index is 10.8. The van der Waals surface area contributed by atoms with E-state index in [0.29, 0.717) is 5.82 Å². The molecule has 0 atom stereocenters. The molecule has 0 amide bonds. The Bertz CT molecular complexity index is 563. The average Bonchev–Trinajstić information content (AvgIpc) is 2.74. The van der Waals surface area contributed by atoms with E-state index in [-0.39, 0.29) is 6.54 Å².